The van der Waals surface area contributed by atoms with Crippen molar-refractivity contribution in [1.82, 2.24) is 19.9 Å². The van der Waals surface area contributed by atoms with Gasteiger partial charge >= 0.3 is 0 Å². The van der Waals surface area contributed by atoms with Gasteiger partial charge in [-0.15, -0.1) is 0 Å². The first-order valence-corrected chi connectivity index (χ1v) is 19.4. The third-order valence-electron chi connectivity index (χ3n) is 14.1. The molecule has 0 aliphatic heterocycles. The maximum absolute atomic E-state index is 5.59. The van der Waals surface area contributed by atoms with Gasteiger partial charge in [0.2, 0.25) is 0 Å². The summed E-state index contributed by atoms with van der Waals surface area (Å²) in [6.07, 6.45) is 6.37. The minimum absolute atomic E-state index is 0.209. The van der Waals surface area contributed by atoms with Gasteiger partial charge in [0.25, 0.3) is 0 Å². The van der Waals surface area contributed by atoms with E-state index >= 15 is 0 Å². The lowest BCUT2D eigenvalue weighted by Crippen LogP contribution is -2.57. The predicted octanol–water partition coefficient (Wildman–Crippen LogP) is 11.1. The van der Waals surface area contributed by atoms with Crippen molar-refractivity contribution in [3.05, 3.63) is 132 Å². The normalized spacial score (nSPS) is 25.0. The summed E-state index contributed by atoms with van der Waals surface area (Å²) in [5.41, 5.74) is 13.9. The van der Waals surface area contributed by atoms with Crippen LogP contribution in [0.2, 0.25) is 0 Å². The Labute approximate surface area is 318 Å². The molecule has 6 heteroatoms. The van der Waals surface area contributed by atoms with E-state index in [1.807, 2.05) is 36.7 Å². The molecule has 6 atom stereocenters. The highest BCUT2D eigenvalue weighted by molar-refractivity contribution is 5.68. The fraction of sp³-hybridized carbons (Fsp3) is 0.333. The lowest BCUT2D eigenvalue weighted by atomic mass is 9.37. The minimum Gasteiger partial charge on any atom is -0.497 e. The molecule has 6 aliphatic rings. The van der Waals surface area contributed by atoms with Gasteiger partial charge < -0.3 is 9.47 Å². The van der Waals surface area contributed by atoms with E-state index in [-0.39, 0.29) is 22.7 Å². The van der Waals surface area contributed by atoms with E-state index in [2.05, 4.69) is 100 Å². The summed E-state index contributed by atoms with van der Waals surface area (Å²) >= 11 is 0. The van der Waals surface area contributed by atoms with Crippen LogP contribution in [0.3, 0.4) is 0 Å². The van der Waals surface area contributed by atoms with Crippen molar-refractivity contribution in [2.75, 3.05) is 14.2 Å². The Morgan fingerprint density at radius 2 is 0.833 bits per heavy atom. The van der Waals surface area contributed by atoms with E-state index in [1.165, 1.54) is 35.4 Å². The zero-order valence-electron chi connectivity index (χ0n) is 31.9. The molecule has 4 bridgehead atoms. The zero-order valence-corrected chi connectivity index (χ0v) is 31.9. The predicted molar refractivity (Wildman–Crippen MR) is 214 cm³/mol. The highest BCUT2D eigenvalue weighted by atomic mass is 16.5. The molecule has 0 amide bonds. The molecular formula is C48H46N4O2. The summed E-state index contributed by atoms with van der Waals surface area (Å²) in [4.78, 5) is 21.1. The summed E-state index contributed by atoms with van der Waals surface area (Å²) in [6.45, 7) is 9.97. The Hall–Kier alpha value is -5.36. The molecule has 2 fully saturated rings. The second-order valence-corrected chi connectivity index (χ2v) is 17.1. The lowest BCUT2D eigenvalue weighted by Gasteiger charge is -2.67. The first-order chi connectivity index (χ1) is 26.1. The van der Waals surface area contributed by atoms with Gasteiger partial charge in [-0.3, -0.25) is 19.9 Å². The molecular weight excluding hydrogens is 665 g/mol. The van der Waals surface area contributed by atoms with Crippen molar-refractivity contribution in [2.24, 2.45) is 22.7 Å². The van der Waals surface area contributed by atoms with Crippen LogP contribution >= 0.6 is 0 Å². The molecule has 0 spiro atoms. The van der Waals surface area contributed by atoms with Crippen molar-refractivity contribution in [1.29, 1.82) is 0 Å². The molecule has 6 nitrogen and oxygen atoms in total. The Morgan fingerprint density at radius 3 is 1.17 bits per heavy atom. The molecule has 0 saturated heterocycles. The highest BCUT2D eigenvalue weighted by Crippen LogP contribution is 2.75. The highest BCUT2D eigenvalue weighted by Gasteiger charge is 2.65. The summed E-state index contributed by atoms with van der Waals surface area (Å²) in [5, 5.41) is 0. The summed E-state index contributed by atoms with van der Waals surface area (Å²) < 4.78 is 10.7. The number of benzene rings is 2. The van der Waals surface area contributed by atoms with Crippen LogP contribution in [0.15, 0.2) is 109 Å². The average molecular weight is 711 g/mol. The number of aromatic nitrogens is 4. The standard InChI is InChI=1S/C48H46N4O2/c1-47(2)35-23-37(47)43(45-33(35)17-21-41(51-45)39-19-11-29(25-49-39)27-7-13-31(53-5)14-8-27)44-38-24-36(48(38,3)4)34-18-22-42(52-46(34)44)40-20-12-30(26-50-40)28-9-15-32(54-6)16-10-28/h7-22,25-26,35-38,43-44H,23-24H2,1-6H3/t35-,36-,37+,38+,43+,44+/m0/s1. The Balaban J connectivity index is 1.03. The van der Waals surface area contributed by atoms with E-state index in [4.69, 9.17) is 29.4 Å². The molecule has 12 rings (SSSR count). The summed E-state index contributed by atoms with van der Waals surface area (Å²) in [5.74, 6) is 4.41. The fourth-order valence-corrected chi connectivity index (χ4v) is 10.8. The number of hydrogen-bond donors (Lipinski definition) is 0. The van der Waals surface area contributed by atoms with E-state index in [9.17, 15) is 0 Å². The van der Waals surface area contributed by atoms with Crippen molar-refractivity contribution < 1.29 is 9.47 Å². The average Bonchev–Trinajstić information content (AvgIpc) is 3.22. The largest absolute Gasteiger partial charge is 0.497 e. The molecule has 0 radical (unpaired) electrons. The van der Waals surface area contributed by atoms with Crippen LogP contribution in [0.1, 0.15) is 86.7 Å². The third kappa shape index (κ3) is 4.91. The smallest absolute Gasteiger partial charge is 0.118 e. The minimum atomic E-state index is 0.209. The molecule has 4 aromatic heterocycles. The van der Waals surface area contributed by atoms with Crippen molar-refractivity contribution in [2.45, 2.75) is 64.2 Å². The Bertz CT molecular complexity index is 2210. The maximum Gasteiger partial charge on any atom is 0.118 e. The van der Waals surface area contributed by atoms with Crippen molar-refractivity contribution >= 4 is 0 Å². The second-order valence-electron chi connectivity index (χ2n) is 17.1. The SMILES string of the molecule is COc1ccc(-c2ccc(-c3ccc4c(n3)[C@@H]([C@@H]3c5nc(-c6ccc(-c7ccc(OC)cc7)cn6)ccc5[C@@H]5C[C@H]3C5(C)C)[C@H]3C[C@@H]4C3(C)C)nc2)cc1. The van der Waals surface area contributed by atoms with E-state index in [1.54, 1.807) is 14.2 Å². The molecule has 4 heterocycles. The quantitative estimate of drug-likeness (QED) is 0.164. The van der Waals surface area contributed by atoms with Crippen molar-refractivity contribution in [3.63, 3.8) is 0 Å². The number of fused-ring (bicyclic) bond motifs is 1. The van der Waals surface area contributed by atoms with Gasteiger partial charge in [-0.25, -0.2) is 0 Å². The number of nitrogens with zero attached hydrogens (tertiary/aromatic N) is 4. The number of ether oxygens (including phenoxy) is 2. The fourth-order valence-electron chi connectivity index (χ4n) is 10.8. The molecule has 270 valence electrons. The van der Waals surface area contributed by atoms with Crippen LogP contribution in [-0.2, 0) is 0 Å². The van der Waals surface area contributed by atoms with Crippen LogP contribution in [0, 0.1) is 22.7 Å². The molecule has 6 aliphatic carbocycles. The first kappa shape index (κ1) is 33.2. The van der Waals surface area contributed by atoms with E-state index < -0.39 is 0 Å². The monoisotopic (exact) mass is 710 g/mol. The van der Waals surface area contributed by atoms with Gasteiger partial charge in [0.05, 0.1) is 37.0 Å². The molecule has 54 heavy (non-hydrogen) atoms. The van der Waals surface area contributed by atoms with Gasteiger partial charge in [-0.2, -0.15) is 0 Å². The molecule has 0 N–H and O–H groups in total. The summed E-state index contributed by atoms with van der Waals surface area (Å²) in [6, 6.07) is 34.0. The van der Waals surface area contributed by atoms with Gasteiger partial charge in [0.1, 0.15) is 11.5 Å². The molecule has 2 aromatic carbocycles. The molecule has 6 aromatic rings. The molecule has 2 saturated carbocycles. The summed E-state index contributed by atoms with van der Waals surface area (Å²) in [7, 11) is 3.39. The topological polar surface area (TPSA) is 70.0 Å². The number of hydrogen-bond acceptors (Lipinski definition) is 6. The number of rotatable bonds is 7. The van der Waals surface area contributed by atoms with Crippen LogP contribution in [0.4, 0.5) is 0 Å². The number of pyridine rings is 4. The van der Waals surface area contributed by atoms with Gasteiger partial charge in [0.15, 0.2) is 0 Å². The van der Waals surface area contributed by atoms with Crippen LogP contribution < -0.4 is 9.47 Å². The van der Waals surface area contributed by atoms with Gasteiger partial charge in [0, 0.05) is 46.7 Å². The van der Waals surface area contributed by atoms with Crippen LogP contribution in [0.5, 0.6) is 11.5 Å². The van der Waals surface area contributed by atoms with Gasteiger partial charge in [-0.1, -0.05) is 76.2 Å². The Kier molecular flexibility index (Phi) is 7.43. The third-order valence-corrected chi connectivity index (χ3v) is 14.1. The van der Waals surface area contributed by atoms with E-state index in [0.29, 0.717) is 23.7 Å². The zero-order chi connectivity index (χ0) is 36.9. The lowest BCUT2D eigenvalue weighted by molar-refractivity contribution is -0.0673. The maximum atomic E-state index is 5.59. The van der Waals surface area contributed by atoms with Crippen LogP contribution in [-0.4, -0.2) is 34.2 Å². The Morgan fingerprint density at radius 1 is 0.463 bits per heavy atom. The van der Waals surface area contributed by atoms with Gasteiger partial charge in [-0.05, 0) is 118 Å². The second kappa shape index (κ2) is 12.1. The number of methoxy groups -OCH3 is 2. The van der Waals surface area contributed by atoms with Crippen molar-refractivity contribution in [3.8, 4) is 56.5 Å². The van der Waals surface area contributed by atoms with Crippen LogP contribution in [0.25, 0.3) is 45.0 Å². The first-order valence-electron chi connectivity index (χ1n) is 19.4. The van der Waals surface area contributed by atoms with E-state index in [0.717, 1.165) is 56.5 Å². The molecule has 0 unspecified atom stereocenters.